The van der Waals surface area contributed by atoms with E-state index in [4.69, 9.17) is 0 Å². The molecular weight excluding hydrogens is 184 g/mol. The second-order valence-corrected chi connectivity index (χ2v) is 4.49. The van der Waals surface area contributed by atoms with Gasteiger partial charge in [-0.25, -0.2) is 0 Å². The minimum absolute atomic E-state index is 0.940. The summed E-state index contributed by atoms with van der Waals surface area (Å²) in [4.78, 5) is 0. The molecule has 2 N–H and O–H groups in total. The second-order valence-electron chi connectivity index (χ2n) is 4.49. The van der Waals surface area contributed by atoms with Crippen LogP contribution < -0.4 is 10.6 Å². The molecule has 0 spiro atoms. The number of fused-ring (bicyclic) bond motifs is 1. The highest BCUT2D eigenvalue weighted by atomic mass is 15.0. The Morgan fingerprint density at radius 3 is 2.40 bits per heavy atom. The summed E-state index contributed by atoms with van der Waals surface area (Å²) < 4.78 is 0. The molecule has 2 nitrogen and oxygen atoms in total. The Bertz CT molecular complexity index is 227. The summed E-state index contributed by atoms with van der Waals surface area (Å²) in [5.74, 6) is 0.940. The van der Waals surface area contributed by atoms with Crippen LogP contribution in [0.2, 0.25) is 0 Å². The Balaban J connectivity index is 0.000000124. The van der Waals surface area contributed by atoms with E-state index in [1.807, 2.05) is 0 Å². The van der Waals surface area contributed by atoms with E-state index < -0.39 is 0 Å². The van der Waals surface area contributed by atoms with Crippen LogP contribution >= 0.6 is 0 Å². The van der Waals surface area contributed by atoms with E-state index in [0.29, 0.717) is 0 Å². The van der Waals surface area contributed by atoms with Crippen LogP contribution in [0.15, 0.2) is 23.8 Å². The van der Waals surface area contributed by atoms with Crippen LogP contribution in [0.4, 0.5) is 0 Å². The molecule has 15 heavy (non-hydrogen) atoms. The summed E-state index contributed by atoms with van der Waals surface area (Å²) in [7, 11) is 0. The van der Waals surface area contributed by atoms with Gasteiger partial charge in [0.1, 0.15) is 0 Å². The van der Waals surface area contributed by atoms with E-state index in [1.54, 1.807) is 5.57 Å². The largest absolute Gasteiger partial charge is 0.314 e. The van der Waals surface area contributed by atoms with Gasteiger partial charge in [-0.3, -0.25) is 0 Å². The predicted molar refractivity (Wildman–Crippen MR) is 64.9 cm³/mol. The molecule has 1 saturated carbocycles. The average Bonchev–Trinajstić information content (AvgIpc) is 2.80. The van der Waals surface area contributed by atoms with Gasteiger partial charge in [-0.1, -0.05) is 23.8 Å². The average molecular weight is 206 g/mol. The maximum absolute atomic E-state index is 3.22. The molecule has 3 aliphatic rings. The van der Waals surface area contributed by atoms with Gasteiger partial charge < -0.3 is 10.6 Å². The highest BCUT2D eigenvalue weighted by Crippen LogP contribution is 2.35. The Hall–Kier alpha value is -0.600. The highest BCUT2D eigenvalue weighted by molar-refractivity contribution is 5.23. The molecule has 1 heterocycles. The first-order chi connectivity index (χ1) is 7.47. The molecule has 1 aliphatic heterocycles. The smallest absolute Gasteiger partial charge is 0.00772 e. The van der Waals surface area contributed by atoms with Crippen LogP contribution in [0.1, 0.15) is 25.7 Å². The van der Waals surface area contributed by atoms with Crippen LogP contribution in [-0.4, -0.2) is 26.2 Å². The van der Waals surface area contributed by atoms with Gasteiger partial charge in [-0.05, 0) is 31.6 Å². The molecule has 0 bridgehead atoms. The first-order valence-corrected chi connectivity index (χ1v) is 6.24. The molecular formula is C13H22N2. The number of hydrogen-bond donors (Lipinski definition) is 2. The first kappa shape index (κ1) is 10.9. The summed E-state index contributed by atoms with van der Waals surface area (Å²) in [6.07, 6.45) is 12.4. The monoisotopic (exact) mass is 206 g/mol. The molecule has 2 aliphatic carbocycles. The van der Waals surface area contributed by atoms with Crippen LogP contribution in [-0.2, 0) is 0 Å². The molecule has 0 aromatic rings. The Morgan fingerprint density at radius 1 is 1.07 bits per heavy atom. The number of allylic oxidation sites excluding steroid dienone is 4. The second kappa shape index (κ2) is 6.09. The third-order valence-electron chi connectivity index (χ3n) is 3.37. The van der Waals surface area contributed by atoms with E-state index in [2.05, 4.69) is 28.9 Å². The normalized spacial score (nSPS) is 28.8. The minimum atomic E-state index is 0.940. The first-order valence-electron chi connectivity index (χ1n) is 6.24. The number of rotatable bonds is 0. The van der Waals surface area contributed by atoms with Gasteiger partial charge >= 0.3 is 0 Å². The molecule has 2 heteroatoms. The maximum atomic E-state index is 3.22. The number of nitrogens with one attached hydrogen (secondary N) is 2. The molecule has 1 atom stereocenters. The van der Waals surface area contributed by atoms with Crippen LogP contribution in [0, 0.1) is 5.92 Å². The van der Waals surface area contributed by atoms with Crippen molar-refractivity contribution < 1.29 is 0 Å². The Labute approximate surface area is 92.8 Å². The van der Waals surface area contributed by atoms with Crippen molar-refractivity contribution in [3.05, 3.63) is 23.8 Å². The van der Waals surface area contributed by atoms with Crippen molar-refractivity contribution in [1.82, 2.24) is 10.6 Å². The summed E-state index contributed by atoms with van der Waals surface area (Å²) in [6, 6.07) is 0. The van der Waals surface area contributed by atoms with Crippen molar-refractivity contribution in [2.24, 2.45) is 5.92 Å². The lowest BCUT2D eigenvalue weighted by Crippen LogP contribution is -2.39. The van der Waals surface area contributed by atoms with E-state index in [0.717, 1.165) is 32.1 Å². The van der Waals surface area contributed by atoms with Gasteiger partial charge in [0.25, 0.3) is 0 Å². The SMILES string of the molecule is C1=CCC2CCCC2=C1.C1CNCCN1. The van der Waals surface area contributed by atoms with E-state index in [9.17, 15) is 0 Å². The van der Waals surface area contributed by atoms with E-state index >= 15 is 0 Å². The van der Waals surface area contributed by atoms with Gasteiger partial charge in [0, 0.05) is 26.2 Å². The number of piperazine rings is 1. The van der Waals surface area contributed by atoms with Gasteiger partial charge in [0.2, 0.25) is 0 Å². The Kier molecular flexibility index (Phi) is 4.42. The van der Waals surface area contributed by atoms with Gasteiger partial charge in [0.05, 0.1) is 0 Å². The molecule has 84 valence electrons. The topological polar surface area (TPSA) is 24.1 Å². The zero-order valence-corrected chi connectivity index (χ0v) is 9.47. The summed E-state index contributed by atoms with van der Waals surface area (Å²) in [5.41, 5.74) is 1.71. The van der Waals surface area contributed by atoms with E-state index in [-0.39, 0.29) is 0 Å². The van der Waals surface area contributed by atoms with Crippen LogP contribution in [0.5, 0.6) is 0 Å². The van der Waals surface area contributed by atoms with Gasteiger partial charge in [0.15, 0.2) is 0 Å². The van der Waals surface area contributed by atoms with E-state index in [1.165, 1.54) is 25.7 Å². The molecule has 1 unspecified atom stereocenters. The van der Waals surface area contributed by atoms with Crippen molar-refractivity contribution in [1.29, 1.82) is 0 Å². The highest BCUT2D eigenvalue weighted by Gasteiger charge is 2.19. The molecule has 0 radical (unpaired) electrons. The minimum Gasteiger partial charge on any atom is -0.314 e. The van der Waals surface area contributed by atoms with Gasteiger partial charge in [-0.15, -0.1) is 0 Å². The molecule has 3 rings (SSSR count). The molecule has 2 fully saturated rings. The van der Waals surface area contributed by atoms with Crippen LogP contribution in [0.25, 0.3) is 0 Å². The predicted octanol–water partition coefficient (Wildman–Crippen LogP) is 1.85. The quantitative estimate of drug-likeness (QED) is 0.632. The fourth-order valence-electron chi connectivity index (χ4n) is 2.47. The summed E-state index contributed by atoms with van der Waals surface area (Å²) >= 11 is 0. The van der Waals surface area contributed by atoms with Crippen molar-refractivity contribution >= 4 is 0 Å². The van der Waals surface area contributed by atoms with Crippen molar-refractivity contribution in [2.75, 3.05) is 26.2 Å². The fraction of sp³-hybridized carbons (Fsp3) is 0.692. The standard InChI is InChI=1S/C9H12.C4H10N2/c1-2-5-9-7-3-6-8(9)4-1;1-2-6-4-3-5-1/h1-2,4,9H,3,5-7H2;5-6H,1-4H2. The zero-order valence-electron chi connectivity index (χ0n) is 9.47. The molecule has 0 aromatic heterocycles. The van der Waals surface area contributed by atoms with Crippen molar-refractivity contribution in [3.8, 4) is 0 Å². The Morgan fingerprint density at radius 2 is 1.80 bits per heavy atom. The lowest BCUT2D eigenvalue weighted by molar-refractivity contribution is 0.534. The lowest BCUT2D eigenvalue weighted by Gasteiger charge is -2.11. The third-order valence-corrected chi connectivity index (χ3v) is 3.37. The molecule has 0 aromatic carbocycles. The van der Waals surface area contributed by atoms with Gasteiger partial charge in [-0.2, -0.15) is 0 Å². The molecule has 0 amide bonds. The fourth-order valence-corrected chi connectivity index (χ4v) is 2.47. The third kappa shape index (κ3) is 3.47. The lowest BCUT2D eigenvalue weighted by atomic mass is 9.95. The number of hydrogen-bond acceptors (Lipinski definition) is 2. The molecule has 1 saturated heterocycles. The maximum Gasteiger partial charge on any atom is 0.00772 e. The van der Waals surface area contributed by atoms with Crippen LogP contribution in [0.3, 0.4) is 0 Å². The summed E-state index contributed by atoms with van der Waals surface area (Å²) in [5, 5.41) is 6.44. The van der Waals surface area contributed by atoms with Crippen molar-refractivity contribution in [3.63, 3.8) is 0 Å². The summed E-state index contributed by atoms with van der Waals surface area (Å²) in [6.45, 7) is 4.56. The zero-order chi connectivity index (χ0) is 10.3. The van der Waals surface area contributed by atoms with Crippen molar-refractivity contribution in [2.45, 2.75) is 25.7 Å².